The van der Waals surface area contributed by atoms with E-state index in [2.05, 4.69) is 4.84 Å². The SMILES string of the molecule is O=S(=O)(O)CCNCl.[H-].[Na+]. The zero-order valence-electron chi connectivity index (χ0n) is 5.96. The third-order valence-electron chi connectivity index (χ3n) is 0.455. The molecular formula is C2H7ClNNaO3S. The Kier molecular flexibility index (Phi) is 8.41. The van der Waals surface area contributed by atoms with Crippen LogP contribution in [0.1, 0.15) is 1.43 Å². The molecule has 0 aliphatic rings. The Morgan fingerprint density at radius 2 is 2.11 bits per heavy atom. The molecular weight excluding hydrogens is 177 g/mol. The molecule has 7 heteroatoms. The van der Waals surface area contributed by atoms with Crippen molar-refractivity contribution in [2.45, 2.75) is 0 Å². The van der Waals surface area contributed by atoms with Crippen LogP contribution in [-0.4, -0.2) is 25.3 Å². The molecule has 0 aromatic rings. The fraction of sp³-hybridized carbons (Fsp3) is 1.00. The van der Waals surface area contributed by atoms with Gasteiger partial charge in [-0.05, 0) is 11.8 Å². The molecule has 4 nitrogen and oxygen atoms in total. The number of hydrogen-bond donors (Lipinski definition) is 2. The van der Waals surface area contributed by atoms with Gasteiger partial charge in [0.05, 0.1) is 5.75 Å². The van der Waals surface area contributed by atoms with Crippen molar-refractivity contribution in [3.8, 4) is 0 Å². The Balaban J connectivity index is -0.000000245. The first-order chi connectivity index (χ1) is 3.56. The van der Waals surface area contributed by atoms with Crippen molar-refractivity contribution in [2.24, 2.45) is 0 Å². The second kappa shape index (κ2) is 5.91. The Morgan fingerprint density at radius 1 is 1.67 bits per heavy atom. The Morgan fingerprint density at radius 3 is 2.22 bits per heavy atom. The van der Waals surface area contributed by atoms with Crippen LogP contribution in [0.5, 0.6) is 0 Å². The van der Waals surface area contributed by atoms with Crippen LogP contribution < -0.4 is 34.4 Å². The summed E-state index contributed by atoms with van der Waals surface area (Å²) in [5.41, 5.74) is 0. The van der Waals surface area contributed by atoms with Crippen LogP contribution in [0, 0.1) is 0 Å². The number of hydrogen-bond acceptors (Lipinski definition) is 3. The molecule has 0 rings (SSSR count). The van der Waals surface area contributed by atoms with Crippen LogP contribution in [0.25, 0.3) is 0 Å². The second-order valence-corrected chi connectivity index (χ2v) is 3.01. The fourth-order valence-electron chi connectivity index (χ4n) is 0.168. The molecule has 0 fully saturated rings. The van der Waals surface area contributed by atoms with Gasteiger partial charge < -0.3 is 1.43 Å². The van der Waals surface area contributed by atoms with Crippen molar-refractivity contribution < 1.29 is 44.0 Å². The van der Waals surface area contributed by atoms with Crippen molar-refractivity contribution in [3.05, 3.63) is 0 Å². The maximum Gasteiger partial charge on any atom is 1.00 e. The zero-order chi connectivity index (χ0) is 6.62. The summed E-state index contributed by atoms with van der Waals surface area (Å²) in [6.07, 6.45) is 0. The van der Waals surface area contributed by atoms with Crippen molar-refractivity contribution in [1.29, 1.82) is 0 Å². The maximum atomic E-state index is 9.85. The molecule has 0 saturated heterocycles. The van der Waals surface area contributed by atoms with Gasteiger partial charge in [0.25, 0.3) is 10.1 Å². The molecule has 0 heterocycles. The minimum Gasteiger partial charge on any atom is -1.00 e. The van der Waals surface area contributed by atoms with Crippen LogP contribution in [-0.2, 0) is 10.1 Å². The summed E-state index contributed by atoms with van der Waals surface area (Å²) < 4.78 is 27.7. The average molecular weight is 184 g/mol. The first kappa shape index (κ1) is 12.8. The maximum absolute atomic E-state index is 9.85. The third kappa shape index (κ3) is 12.4. The Labute approximate surface area is 82.6 Å². The van der Waals surface area contributed by atoms with E-state index in [1.807, 2.05) is 0 Å². The van der Waals surface area contributed by atoms with Gasteiger partial charge in [0, 0.05) is 6.54 Å². The molecule has 0 spiro atoms. The van der Waals surface area contributed by atoms with Crippen LogP contribution >= 0.6 is 11.8 Å². The normalized spacial score (nSPS) is 10.4. The molecule has 0 atom stereocenters. The molecule has 0 bridgehead atoms. The topological polar surface area (TPSA) is 66.4 Å². The number of nitrogens with one attached hydrogen (secondary N) is 1. The van der Waals surface area contributed by atoms with Gasteiger partial charge >= 0.3 is 29.6 Å². The van der Waals surface area contributed by atoms with E-state index in [1.54, 1.807) is 0 Å². The summed E-state index contributed by atoms with van der Waals surface area (Å²) in [5.74, 6) is -0.351. The van der Waals surface area contributed by atoms with Gasteiger partial charge in [-0.15, -0.1) is 0 Å². The van der Waals surface area contributed by atoms with Crippen LogP contribution in [0.4, 0.5) is 0 Å². The van der Waals surface area contributed by atoms with Crippen molar-refractivity contribution in [1.82, 2.24) is 4.84 Å². The smallest absolute Gasteiger partial charge is 1.00 e. The predicted octanol–water partition coefficient (Wildman–Crippen LogP) is -3.27. The van der Waals surface area contributed by atoms with Crippen LogP contribution in [0.15, 0.2) is 0 Å². The van der Waals surface area contributed by atoms with E-state index in [4.69, 9.17) is 16.3 Å². The molecule has 0 radical (unpaired) electrons. The van der Waals surface area contributed by atoms with E-state index < -0.39 is 10.1 Å². The molecule has 0 aromatic heterocycles. The van der Waals surface area contributed by atoms with E-state index in [-0.39, 0.29) is 43.3 Å². The van der Waals surface area contributed by atoms with Gasteiger partial charge in [-0.25, -0.2) is 4.84 Å². The Bertz CT molecular complexity index is 151. The molecule has 9 heavy (non-hydrogen) atoms. The minimum atomic E-state index is -3.83. The summed E-state index contributed by atoms with van der Waals surface area (Å²) in [7, 11) is -3.83. The van der Waals surface area contributed by atoms with Gasteiger partial charge in [0.15, 0.2) is 0 Å². The van der Waals surface area contributed by atoms with Gasteiger partial charge in [0.1, 0.15) is 0 Å². The first-order valence-corrected chi connectivity index (χ1v) is 3.83. The molecule has 0 aliphatic carbocycles. The van der Waals surface area contributed by atoms with Gasteiger partial charge in [-0.1, -0.05) is 0 Å². The fourth-order valence-corrected chi connectivity index (χ4v) is 0.734. The largest absolute Gasteiger partial charge is 1.00 e. The van der Waals surface area contributed by atoms with Crippen LogP contribution in [0.3, 0.4) is 0 Å². The van der Waals surface area contributed by atoms with Crippen molar-refractivity contribution >= 4 is 21.9 Å². The number of halogens is 1. The van der Waals surface area contributed by atoms with E-state index in [0.717, 1.165) is 0 Å². The monoisotopic (exact) mass is 183 g/mol. The molecule has 52 valence electrons. The quantitative estimate of drug-likeness (QED) is 0.274. The summed E-state index contributed by atoms with van der Waals surface area (Å²) in [5, 5.41) is 0. The van der Waals surface area contributed by atoms with Gasteiger partial charge in [-0.2, -0.15) is 8.42 Å². The summed E-state index contributed by atoms with van der Waals surface area (Å²) in [4.78, 5) is 2.06. The summed E-state index contributed by atoms with van der Waals surface area (Å²) in [6.45, 7) is 0.0559. The molecule has 0 aliphatic heterocycles. The third-order valence-corrected chi connectivity index (χ3v) is 1.36. The average Bonchev–Trinajstić information content (AvgIpc) is 1.59. The van der Waals surface area contributed by atoms with Crippen molar-refractivity contribution in [3.63, 3.8) is 0 Å². The Hall–Kier alpha value is 1.16. The van der Waals surface area contributed by atoms with E-state index >= 15 is 0 Å². The standard InChI is InChI=1S/C2H6ClNO3S.Na.H/c3-4-1-2-8(5,6)7;;/h4H,1-2H2,(H,5,6,7);;/q;+1;-1. The van der Waals surface area contributed by atoms with E-state index in [0.29, 0.717) is 0 Å². The minimum absolute atomic E-state index is 0. The molecule has 2 N–H and O–H groups in total. The predicted molar refractivity (Wildman–Crippen MR) is 31.4 cm³/mol. The van der Waals surface area contributed by atoms with E-state index in [9.17, 15) is 8.42 Å². The molecule has 0 aromatic carbocycles. The first-order valence-electron chi connectivity index (χ1n) is 1.85. The van der Waals surface area contributed by atoms with Gasteiger partial charge in [-0.3, -0.25) is 4.55 Å². The van der Waals surface area contributed by atoms with Gasteiger partial charge in [0.2, 0.25) is 0 Å². The van der Waals surface area contributed by atoms with E-state index in [1.165, 1.54) is 0 Å². The second-order valence-electron chi connectivity index (χ2n) is 1.17. The zero-order valence-corrected chi connectivity index (χ0v) is 8.54. The summed E-state index contributed by atoms with van der Waals surface area (Å²) in [6, 6.07) is 0. The number of rotatable bonds is 3. The molecule has 0 amide bonds. The van der Waals surface area contributed by atoms with Crippen molar-refractivity contribution in [2.75, 3.05) is 12.3 Å². The summed E-state index contributed by atoms with van der Waals surface area (Å²) >= 11 is 4.88. The molecule has 0 unspecified atom stereocenters. The molecule has 0 saturated carbocycles. The van der Waals surface area contributed by atoms with Crippen LogP contribution in [0.2, 0.25) is 0 Å².